The normalized spacial score (nSPS) is 20.5. The van der Waals surface area contributed by atoms with Crippen LogP contribution in [0.4, 0.5) is 0 Å². The lowest BCUT2D eigenvalue weighted by atomic mass is 9.80. The predicted octanol–water partition coefficient (Wildman–Crippen LogP) is 4.90. The van der Waals surface area contributed by atoms with Crippen LogP contribution in [0, 0.1) is 5.41 Å². The number of sulfonamides is 1. The van der Waals surface area contributed by atoms with Crippen molar-refractivity contribution >= 4 is 10.0 Å². The van der Waals surface area contributed by atoms with E-state index >= 15 is 0 Å². The summed E-state index contributed by atoms with van der Waals surface area (Å²) in [6, 6.07) is 26.1. The Morgan fingerprint density at radius 3 is 2.32 bits per heavy atom. The molecule has 0 saturated heterocycles. The van der Waals surface area contributed by atoms with Crippen molar-refractivity contribution in [1.29, 1.82) is 0 Å². The monoisotopic (exact) mass is 479 g/mol. The molecule has 1 N–H and O–H groups in total. The van der Waals surface area contributed by atoms with Crippen LogP contribution in [0.2, 0.25) is 0 Å². The first-order valence-electron chi connectivity index (χ1n) is 11.7. The van der Waals surface area contributed by atoms with Crippen molar-refractivity contribution in [2.24, 2.45) is 5.41 Å². The maximum absolute atomic E-state index is 12.7. The minimum absolute atomic E-state index is 0.0409. The van der Waals surface area contributed by atoms with E-state index in [-0.39, 0.29) is 18.1 Å². The Hall–Kier alpha value is -2.67. The zero-order valence-electron chi connectivity index (χ0n) is 19.9. The van der Waals surface area contributed by atoms with E-state index in [4.69, 9.17) is 4.74 Å². The van der Waals surface area contributed by atoms with Crippen LogP contribution in [0.25, 0.3) is 11.1 Å². The van der Waals surface area contributed by atoms with Gasteiger partial charge in [-0.3, -0.25) is 0 Å². The highest BCUT2D eigenvalue weighted by molar-refractivity contribution is 7.88. The molecule has 1 saturated carbocycles. The summed E-state index contributed by atoms with van der Waals surface area (Å²) in [5.41, 5.74) is 4.07. The minimum Gasteiger partial charge on any atom is -0.497 e. The zero-order valence-corrected chi connectivity index (χ0v) is 20.7. The molecule has 0 radical (unpaired) electrons. The van der Waals surface area contributed by atoms with Gasteiger partial charge in [0.05, 0.1) is 13.4 Å². The number of benzene rings is 3. The SMILES string of the molecule is COc1ccc(CN([C@H]2CC[C@@](CO)(Cc3cccc(-c4ccccc4)c3)C2)S(C)(=O)=O)cc1. The second-order valence-corrected chi connectivity index (χ2v) is 11.4. The zero-order chi connectivity index (χ0) is 24.2. The Morgan fingerprint density at radius 2 is 1.68 bits per heavy atom. The minimum atomic E-state index is -3.42. The van der Waals surface area contributed by atoms with Crippen LogP contribution in [-0.4, -0.2) is 43.8 Å². The van der Waals surface area contributed by atoms with Gasteiger partial charge in [0.1, 0.15) is 5.75 Å². The molecule has 0 amide bonds. The van der Waals surface area contributed by atoms with E-state index in [9.17, 15) is 13.5 Å². The molecule has 0 aliphatic heterocycles. The van der Waals surface area contributed by atoms with Gasteiger partial charge >= 0.3 is 0 Å². The molecule has 0 heterocycles. The van der Waals surface area contributed by atoms with Gasteiger partial charge in [0, 0.05) is 19.2 Å². The summed E-state index contributed by atoms with van der Waals surface area (Å²) in [4.78, 5) is 0. The van der Waals surface area contributed by atoms with E-state index in [2.05, 4.69) is 36.4 Å². The Morgan fingerprint density at radius 1 is 0.971 bits per heavy atom. The van der Waals surface area contributed by atoms with Gasteiger partial charge in [-0.05, 0) is 65.5 Å². The summed E-state index contributed by atoms with van der Waals surface area (Å²) in [5.74, 6) is 0.743. The molecule has 0 aromatic heterocycles. The summed E-state index contributed by atoms with van der Waals surface area (Å²) in [7, 11) is -1.80. The van der Waals surface area contributed by atoms with Gasteiger partial charge in [-0.2, -0.15) is 4.31 Å². The second kappa shape index (κ2) is 10.3. The number of methoxy groups -OCH3 is 1. The predicted molar refractivity (Wildman–Crippen MR) is 136 cm³/mol. The number of aliphatic hydroxyl groups is 1. The van der Waals surface area contributed by atoms with Gasteiger partial charge in [0.15, 0.2) is 0 Å². The van der Waals surface area contributed by atoms with Crippen LogP contribution in [0.3, 0.4) is 0 Å². The molecule has 2 atom stereocenters. The standard InChI is InChI=1S/C28H33NO4S/c1-33-27-13-11-22(12-14-27)20-29(34(2,31)32)26-15-16-28(19-26,21-30)18-23-7-6-10-25(17-23)24-8-4-3-5-9-24/h3-14,17,26,30H,15-16,18-21H2,1-2H3/t26-,28+/m0/s1. The first-order valence-corrected chi connectivity index (χ1v) is 13.5. The van der Waals surface area contributed by atoms with Gasteiger partial charge in [-0.1, -0.05) is 66.7 Å². The van der Waals surface area contributed by atoms with Crippen molar-refractivity contribution in [3.8, 4) is 16.9 Å². The quantitative estimate of drug-likeness (QED) is 0.474. The fourth-order valence-corrected chi connectivity index (χ4v) is 6.24. The van der Waals surface area contributed by atoms with Crippen LogP contribution in [0.15, 0.2) is 78.9 Å². The summed E-state index contributed by atoms with van der Waals surface area (Å²) < 4.78 is 32.3. The third kappa shape index (κ3) is 5.69. The number of ether oxygens (including phenoxy) is 1. The number of hydrogen-bond acceptors (Lipinski definition) is 4. The molecule has 1 fully saturated rings. The molecule has 34 heavy (non-hydrogen) atoms. The highest BCUT2D eigenvalue weighted by Gasteiger charge is 2.43. The highest BCUT2D eigenvalue weighted by Crippen LogP contribution is 2.44. The summed E-state index contributed by atoms with van der Waals surface area (Å²) in [6.45, 7) is 0.359. The van der Waals surface area contributed by atoms with E-state index in [0.717, 1.165) is 47.3 Å². The van der Waals surface area contributed by atoms with Crippen molar-refractivity contribution in [2.75, 3.05) is 20.0 Å². The molecule has 6 heteroatoms. The smallest absolute Gasteiger partial charge is 0.211 e. The van der Waals surface area contributed by atoms with Gasteiger partial charge in [0.25, 0.3) is 0 Å². The van der Waals surface area contributed by atoms with E-state index in [1.54, 1.807) is 11.4 Å². The third-order valence-electron chi connectivity index (χ3n) is 6.96. The van der Waals surface area contributed by atoms with Crippen LogP contribution in [0.1, 0.15) is 30.4 Å². The highest BCUT2D eigenvalue weighted by atomic mass is 32.2. The Labute approximate surface area is 203 Å². The Bertz CT molecular complexity index is 1190. The van der Waals surface area contributed by atoms with Crippen LogP contribution >= 0.6 is 0 Å². The van der Waals surface area contributed by atoms with E-state index in [1.807, 2.05) is 42.5 Å². The number of nitrogens with zero attached hydrogens (tertiary/aromatic N) is 1. The lowest BCUT2D eigenvalue weighted by molar-refractivity contribution is 0.123. The van der Waals surface area contributed by atoms with E-state index < -0.39 is 10.0 Å². The van der Waals surface area contributed by atoms with Gasteiger partial charge in [-0.15, -0.1) is 0 Å². The molecule has 0 bridgehead atoms. The summed E-state index contributed by atoms with van der Waals surface area (Å²) in [5, 5.41) is 10.4. The second-order valence-electron chi connectivity index (χ2n) is 9.45. The lowest BCUT2D eigenvalue weighted by Crippen LogP contribution is -2.39. The average molecular weight is 480 g/mol. The maximum Gasteiger partial charge on any atom is 0.211 e. The number of aliphatic hydroxyl groups excluding tert-OH is 1. The van der Waals surface area contributed by atoms with Crippen LogP contribution in [-0.2, 0) is 23.0 Å². The summed E-state index contributed by atoms with van der Waals surface area (Å²) >= 11 is 0. The molecule has 0 spiro atoms. The fourth-order valence-electron chi connectivity index (χ4n) is 5.14. The van der Waals surface area contributed by atoms with E-state index in [0.29, 0.717) is 13.0 Å². The molecule has 1 aliphatic carbocycles. The van der Waals surface area contributed by atoms with Crippen LogP contribution in [0.5, 0.6) is 5.75 Å². The van der Waals surface area contributed by atoms with Crippen molar-refractivity contribution in [2.45, 2.75) is 38.3 Å². The average Bonchev–Trinajstić information content (AvgIpc) is 3.26. The summed E-state index contributed by atoms with van der Waals surface area (Å²) in [6.07, 6.45) is 4.17. The van der Waals surface area contributed by atoms with E-state index in [1.165, 1.54) is 6.26 Å². The molecular weight excluding hydrogens is 446 g/mol. The van der Waals surface area contributed by atoms with Crippen molar-refractivity contribution in [3.63, 3.8) is 0 Å². The molecule has 1 aliphatic rings. The molecule has 0 unspecified atom stereocenters. The first-order chi connectivity index (χ1) is 16.3. The molecule has 3 aromatic carbocycles. The first kappa shape index (κ1) is 24.5. The molecule has 5 nitrogen and oxygen atoms in total. The fraction of sp³-hybridized carbons (Fsp3) is 0.357. The Balaban J connectivity index is 1.52. The largest absolute Gasteiger partial charge is 0.497 e. The van der Waals surface area contributed by atoms with Gasteiger partial charge < -0.3 is 9.84 Å². The molecule has 3 aromatic rings. The topological polar surface area (TPSA) is 66.8 Å². The molecule has 180 valence electrons. The number of rotatable bonds is 9. The Kier molecular flexibility index (Phi) is 7.41. The van der Waals surface area contributed by atoms with Crippen molar-refractivity contribution < 1.29 is 18.3 Å². The lowest BCUT2D eigenvalue weighted by Gasteiger charge is -2.31. The maximum atomic E-state index is 12.7. The van der Waals surface area contributed by atoms with Gasteiger partial charge in [-0.25, -0.2) is 8.42 Å². The third-order valence-corrected chi connectivity index (χ3v) is 8.24. The molecule has 4 rings (SSSR count). The van der Waals surface area contributed by atoms with Crippen LogP contribution < -0.4 is 4.74 Å². The van der Waals surface area contributed by atoms with Crippen molar-refractivity contribution in [3.05, 3.63) is 90.0 Å². The molecular formula is C28H33NO4S. The number of hydrogen-bond donors (Lipinski definition) is 1. The van der Waals surface area contributed by atoms with Crippen molar-refractivity contribution in [1.82, 2.24) is 4.31 Å². The van der Waals surface area contributed by atoms with Gasteiger partial charge in [0.2, 0.25) is 10.0 Å².